The lowest BCUT2D eigenvalue weighted by Gasteiger charge is -2.11. The van der Waals surface area contributed by atoms with E-state index >= 15 is 0 Å². The number of nitrogens with zero attached hydrogens (tertiary/aromatic N) is 1. The van der Waals surface area contributed by atoms with Crippen LogP contribution in [0, 0.1) is 0 Å². The summed E-state index contributed by atoms with van der Waals surface area (Å²) in [6, 6.07) is 11.3. The predicted octanol–water partition coefficient (Wildman–Crippen LogP) is 3.36. The second-order valence-electron chi connectivity index (χ2n) is 4.76. The van der Waals surface area contributed by atoms with Crippen molar-refractivity contribution in [1.82, 2.24) is 10.3 Å². The van der Waals surface area contributed by atoms with Gasteiger partial charge in [-0.25, -0.2) is 9.78 Å². The second-order valence-corrected chi connectivity index (χ2v) is 4.76. The molecule has 2 rings (SSSR count). The van der Waals surface area contributed by atoms with Gasteiger partial charge in [-0.05, 0) is 37.1 Å². The number of aromatic nitrogens is 1. The smallest absolute Gasteiger partial charge is 0.319 e. The lowest BCUT2D eigenvalue weighted by atomic mass is 10.1. The molecule has 2 N–H and O–H groups in total. The van der Waals surface area contributed by atoms with E-state index in [1.54, 1.807) is 6.20 Å². The molecule has 0 saturated carbocycles. The van der Waals surface area contributed by atoms with Crippen LogP contribution in [-0.4, -0.2) is 17.6 Å². The number of rotatable bonds is 6. The molecule has 0 aliphatic heterocycles. The molecule has 0 bridgehead atoms. The van der Waals surface area contributed by atoms with Crippen LogP contribution in [0.2, 0.25) is 0 Å². The summed E-state index contributed by atoms with van der Waals surface area (Å²) in [4.78, 5) is 16.1. The Morgan fingerprint density at radius 3 is 2.86 bits per heavy atom. The van der Waals surface area contributed by atoms with Gasteiger partial charge in [0.2, 0.25) is 5.88 Å². The number of carbonyl (C=O) groups is 1. The Bertz CT molecular complexity index is 629. The summed E-state index contributed by atoms with van der Waals surface area (Å²) < 4.78 is 5.44. The van der Waals surface area contributed by atoms with E-state index in [-0.39, 0.29) is 6.03 Å². The van der Waals surface area contributed by atoms with Gasteiger partial charge in [0.25, 0.3) is 0 Å². The normalized spacial score (nSPS) is 10.1. The molecule has 0 saturated heterocycles. The summed E-state index contributed by atoms with van der Waals surface area (Å²) >= 11 is 0. The van der Waals surface area contributed by atoms with E-state index in [0.717, 1.165) is 17.7 Å². The van der Waals surface area contributed by atoms with Gasteiger partial charge in [0.1, 0.15) is 0 Å². The fourth-order valence-electron chi connectivity index (χ4n) is 2.05. The minimum Gasteiger partial charge on any atom is -0.478 e. The van der Waals surface area contributed by atoms with E-state index < -0.39 is 0 Å². The number of amides is 2. The molecule has 0 spiro atoms. The highest BCUT2D eigenvalue weighted by Crippen LogP contribution is 2.14. The molecule has 116 valence electrons. The molecule has 0 aliphatic carbocycles. The van der Waals surface area contributed by atoms with Crippen molar-refractivity contribution in [2.45, 2.75) is 26.8 Å². The third-order valence-electron chi connectivity index (χ3n) is 3.16. The third kappa shape index (κ3) is 4.48. The molecule has 1 aromatic carbocycles. The monoisotopic (exact) mass is 299 g/mol. The molecule has 2 amide bonds. The van der Waals surface area contributed by atoms with Crippen LogP contribution < -0.4 is 15.4 Å². The summed E-state index contributed by atoms with van der Waals surface area (Å²) in [6.07, 6.45) is 2.61. The van der Waals surface area contributed by atoms with Gasteiger partial charge in [0.05, 0.1) is 6.61 Å². The number of anilines is 1. The minimum absolute atomic E-state index is 0.250. The van der Waals surface area contributed by atoms with Crippen LogP contribution in [0.4, 0.5) is 10.5 Å². The van der Waals surface area contributed by atoms with Crippen LogP contribution in [0.3, 0.4) is 0 Å². The first kappa shape index (κ1) is 15.8. The number of ether oxygens (including phenoxy) is 1. The summed E-state index contributed by atoms with van der Waals surface area (Å²) in [5, 5.41) is 5.64. The maximum absolute atomic E-state index is 12.0. The van der Waals surface area contributed by atoms with Gasteiger partial charge in [-0.15, -0.1) is 0 Å². The zero-order chi connectivity index (χ0) is 15.8. The van der Waals surface area contributed by atoms with E-state index in [4.69, 9.17) is 4.74 Å². The molecule has 1 heterocycles. The zero-order valence-corrected chi connectivity index (χ0v) is 12.9. The minimum atomic E-state index is -0.250. The molecule has 1 aromatic heterocycles. The van der Waals surface area contributed by atoms with Crippen molar-refractivity contribution in [3.8, 4) is 5.88 Å². The van der Waals surface area contributed by atoms with Gasteiger partial charge in [-0.3, -0.25) is 0 Å². The number of nitrogens with one attached hydrogen (secondary N) is 2. The molecule has 0 radical (unpaired) electrons. The SMILES string of the molecule is CCOc1ncccc1CNC(=O)Nc1cccc(CC)c1. The lowest BCUT2D eigenvalue weighted by molar-refractivity contribution is 0.251. The second kappa shape index (κ2) is 8.02. The van der Waals surface area contributed by atoms with Crippen molar-refractivity contribution in [3.05, 3.63) is 53.7 Å². The van der Waals surface area contributed by atoms with Crippen molar-refractivity contribution in [2.24, 2.45) is 0 Å². The van der Waals surface area contributed by atoms with Crippen molar-refractivity contribution in [1.29, 1.82) is 0 Å². The molecular weight excluding hydrogens is 278 g/mol. The summed E-state index contributed by atoms with van der Waals surface area (Å²) in [5.74, 6) is 0.554. The maximum Gasteiger partial charge on any atom is 0.319 e. The quantitative estimate of drug-likeness (QED) is 0.859. The summed E-state index contributed by atoms with van der Waals surface area (Å²) in [5.41, 5.74) is 2.82. The van der Waals surface area contributed by atoms with Crippen LogP contribution in [0.15, 0.2) is 42.6 Å². The van der Waals surface area contributed by atoms with Gasteiger partial charge < -0.3 is 15.4 Å². The molecule has 22 heavy (non-hydrogen) atoms. The largest absolute Gasteiger partial charge is 0.478 e. The molecule has 0 atom stereocenters. The van der Waals surface area contributed by atoms with Crippen LogP contribution >= 0.6 is 0 Å². The number of hydrogen-bond acceptors (Lipinski definition) is 3. The van der Waals surface area contributed by atoms with Crippen LogP contribution in [0.5, 0.6) is 5.88 Å². The molecular formula is C17H21N3O2. The van der Waals surface area contributed by atoms with Crippen LogP contribution in [0.25, 0.3) is 0 Å². The molecule has 0 unspecified atom stereocenters. The first-order chi connectivity index (χ1) is 10.7. The average molecular weight is 299 g/mol. The standard InChI is InChI=1S/C17H21N3O2/c1-3-13-7-5-9-15(11-13)20-17(21)19-12-14-8-6-10-18-16(14)22-4-2/h5-11H,3-4,12H2,1-2H3,(H2,19,20,21). The highest BCUT2D eigenvalue weighted by molar-refractivity contribution is 5.89. The summed E-state index contributed by atoms with van der Waals surface area (Å²) in [6.45, 7) is 4.89. The number of aryl methyl sites for hydroxylation is 1. The number of pyridine rings is 1. The molecule has 0 aliphatic rings. The van der Waals surface area contributed by atoms with Crippen molar-refractivity contribution < 1.29 is 9.53 Å². The number of carbonyl (C=O) groups excluding carboxylic acids is 1. The van der Waals surface area contributed by atoms with Crippen molar-refractivity contribution in [2.75, 3.05) is 11.9 Å². The van der Waals surface area contributed by atoms with Gasteiger partial charge >= 0.3 is 6.03 Å². The predicted molar refractivity (Wildman–Crippen MR) is 87.1 cm³/mol. The number of urea groups is 1. The Kier molecular flexibility index (Phi) is 5.77. The summed E-state index contributed by atoms with van der Waals surface area (Å²) in [7, 11) is 0. The van der Waals surface area contributed by atoms with Crippen molar-refractivity contribution in [3.63, 3.8) is 0 Å². The van der Waals surface area contributed by atoms with E-state index in [1.165, 1.54) is 5.56 Å². The van der Waals surface area contributed by atoms with Gasteiger partial charge in [0, 0.05) is 24.0 Å². The van der Waals surface area contributed by atoms with E-state index in [0.29, 0.717) is 19.0 Å². The van der Waals surface area contributed by atoms with E-state index in [9.17, 15) is 4.79 Å². The van der Waals surface area contributed by atoms with Gasteiger partial charge in [-0.2, -0.15) is 0 Å². The van der Waals surface area contributed by atoms with Crippen LogP contribution in [0.1, 0.15) is 25.0 Å². The highest BCUT2D eigenvalue weighted by Gasteiger charge is 2.07. The highest BCUT2D eigenvalue weighted by atomic mass is 16.5. The maximum atomic E-state index is 12.0. The van der Waals surface area contributed by atoms with Crippen LogP contribution in [-0.2, 0) is 13.0 Å². The Balaban J connectivity index is 1.92. The lowest BCUT2D eigenvalue weighted by Crippen LogP contribution is -2.28. The Labute approximate surface area is 130 Å². The molecule has 2 aromatic rings. The van der Waals surface area contributed by atoms with E-state index in [1.807, 2.05) is 43.3 Å². The fourth-order valence-corrected chi connectivity index (χ4v) is 2.05. The molecule has 0 fully saturated rings. The zero-order valence-electron chi connectivity index (χ0n) is 12.9. The van der Waals surface area contributed by atoms with Crippen molar-refractivity contribution >= 4 is 11.7 Å². The average Bonchev–Trinajstić information content (AvgIpc) is 2.54. The third-order valence-corrected chi connectivity index (χ3v) is 3.16. The first-order valence-electron chi connectivity index (χ1n) is 7.43. The Morgan fingerprint density at radius 2 is 2.09 bits per heavy atom. The first-order valence-corrected chi connectivity index (χ1v) is 7.43. The Morgan fingerprint density at radius 1 is 1.23 bits per heavy atom. The molecule has 5 heteroatoms. The van der Waals surface area contributed by atoms with Gasteiger partial charge in [0.15, 0.2) is 0 Å². The van der Waals surface area contributed by atoms with E-state index in [2.05, 4.69) is 22.5 Å². The number of benzene rings is 1. The Hall–Kier alpha value is -2.56. The molecule has 5 nitrogen and oxygen atoms in total. The fraction of sp³-hybridized carbons (Fsp3) is 0.294. The number of hydrogen-bond donors (Lipinski definition) is 2. The topological polar surface area (TPSA) is 63.2 Å². The van der Waals surface area contributed by atoms with Gasteiger partial charge in [-0.1, -0.05) is 25.1 Å².